The molecule has 5 heteroatoms. The molecule has 0 radical (unpaired) electrons. The highest BCUT2D eigenvalue weighted by Crippen LogP contribution is 2.31. The van der Waals surface area contributed by atoms with Crippen molar-refractivity contribution in [2.75, 3.05) is 12.4 Å². The third-order valence-corrected chi connectivity index (χ3v) is 3.55. The summed E-state index contributed by atoms with van der Waals surface area (Å²) in [7, 11) is 1.85. The lowest BCUT2D eigenvalue weighted by atomic mass is 10.3. The molecule has 2 heterocycles. The number of aryl methyl sites for hydroxylation is 1. The van der Waals surface area contributed by atoms with Gasteiger partial charge in [0, 0.05) is 17.5 Å². The lowest BCUT2D eigenvalue weighted by Gasteiger charge is -1.90. The molecule has 0 aliphatic heterocycles. The van der Waals surface area contributed by atoms with E-state index in [1.54, 1.807) is 22.7 Å². The third-order valence-electron chi connectivity index (χ3n) is 1.73. The van der Waals surface area contributed by atoms with Crippen LogP contribution in [0.15, 0.2) is 11.4 Å². The Morgan fingerprint density at radius 3 is 2.77 bits per heavy atom. The Morgan fingerprint density at radius 1 is 1.38 bits per heavy atom. The van der Waals surface area contributed by atoms with E-state index in [0.717, 1.165) is 10.1 Å². The minimum Gasteiger partial charge on any atom is -0.363 e. The van der Waals surface area contributed by atoms with Crippen molar-refractivity contribution in [1.29, 1.82) is 0 Å². The van der Waals surface area contributed by atoms with E-state index < -0.39 is 0 Å². The summed E-state index contributed by atoms with van der Waals surface area (Å²) < 4.78 is 0. The maximum atomic E-state index is 4.10. The lowest BCUT2D eigenvalue weighted by Crippen LogP contribution is -1.84. The van der Waals surface area contributed by atoms with E-state index >= 15 is 0 Å². The van der Waals surface area contributed by atoms with Gasteiger partial charge in [-0.2, -0.15) is 0 Å². The van der Waals surface area contributed by atoms with Crippen molar-refractivity contribution in [2.24, 2.45) is 0 Å². The molecule has 0 aromatic carbocycles. The predicted octanol–water partition coefficient (Wildman–Crippen LogP) is 2.62. The van der Waals surface area contributed by atoms with Gasteiger partial charge >= 0.3 is 0 Å². The van der Waals surface area contributed by atoms with Crippen LogP contribution in [0.25, 0.3) is 10.6 Å². The fourth-order valence-corrected chi connectivity index (χ4v) is 2.58. The Balaban J connectivity index is 2.41. The number of hydrogen-bond acceptors (Lipinski definition) is 5. The minimum atomic E-state index is 0.862. The van der Waals surface area contributed by atoms with E-state index in [-0.39, 0.29) is 0 Å². The van der Waals surface area contributed by atoms with Crippen LogP contribution in [0.5, 0.6) is 0 Å². The molecule has 1 N–H and O–H groups in total. The smallest absolute Gasteiger partial charge is 0.205 e. The Morgan fingerprint density at radius 2 is 2.23 bits per heavy atom. The topological polar surface area (TPSA) is 37.8 Å². The largest absolute Gasteiger partial charge is 0.363 e. The van der Waals surface area contributed by atoms with E-state index in [0.29, 0.717) is 0 Å². The van der Waals surface area contributed by atoms with Gasteiger partial charge in [0.2, 0.25) is 5.13 Å². The first-order valence-electron chi connectivity index (χ1n) is 3.87. The predicted molar refractivity (Wildman–Crippen MR) is 57.5 cm³/mol. The molecule has 0 saturated heterocycles. The van der Waals surface area contributed by atoms with Crippen LogP contribution in [0.1, 0.15) is 4.88 Å². The first kappa shape index (κ1) is 8.65. The van der Waals surface area contributed by atoms with Gasteiger partial charge in [-0.05, 0) is 18.4 Å². The van der Waals surface area contributed by atoms with Crippen molar-refractivity contribution >= 4 is 27.8 Å². The van der Waals surface area contributed by atoms with Crippen LogP contribution in [0.4, 0.5) is 5.13 Å². The van der Waals surface area contributed by atoms with Crippen LogP contribution in [0.2, 0.25) is 0 Å². The van der Waals surface area contributed by atoms with Crippen LogP contribution in [0, 0.1) is 6.92 Å². The zero-order valence-corrected chi connectivity index (χ0v) is 9.00. The third kappa shape index (κ3) is 1.57. The summed E-state index contributed by atoms with van der Waals surface area (Å²) >= 11 is 3.31. The molecule has 13 heavy (non-hydrogen) atoms. The molecule has 3 nitrogen and oxygen atoms in total. The van der Waals surface area contributed by atoms with Crippen LogP contribution in [-0.4, -0.2) is 17.2 Å². The van der Waals surface area contributed by atoms with E-state index in [1.165, 1.54) is 10.4 Å². The first-order chi connectivity index (χ1) is 6.31. The number of anilines is 1. The summed E-state index contributed by atoms with van der Waals surface area (Å²) in [6.07, 6.45) is 0. The Labute approximate surface area is 84.5 Å². The van der Waals surface area contributed by atoms with Crippen molar-refractivity contribution in [1.82, 2.24) is 10.2 Å². The quantitative estimate of drug-likeness (QED) is 0.829. The van der Waals surface area contributed by atoms with Gasteiger partial charge < -0.3 is 5.32 Å². The summed E-state index contributed by atoms with van der Waals surface area (Å²) in [5.74, 6) is 0. The Kier molecular flexibility index (Phi) is 2.28. The fourth-order valence-electron chi connectivity index (χ4n) is 1.04. The van der Waals surface area contributed by atoms with Gasteiger partial charge in [-0.3, -0.25) is 0 Å². The van der Waals surface area contributed by atoms with Gasteiger partial charge in [-0.15, -0.1) is 21.5 Å². The van der Waals surface area contributed by atoms with Crippen LogP contribution >= 0.6 is 22.7 Å². The van der Waals surface area contributed by atoms with Gasteiger partial charge in [0.1, 0.15) is 0 Å². The van der Waals surface area contributed by atoms with Crippen molar-refractivity contribution in [2.45, 2.75) is 6.92 Å². The maximum Gasteiger partial charge on any atom is 0.205 e. The lowest BCUT2D eigenvalue weighted by molar-refractivity contribution is 1.09. The van der Waals surface area contributed by atoms with E-state index in [2.05, 4.69) is 33.9 Å². The first-order valence-corrected chi connectivity index (χ1v) is 5.56. The van der Waals surface area contributed by atoms with Crippen molar-refractivity contribution in [3.63, 3.8) is 0 Å². The molecule has 0 aliphatic carbocycles. The fraction of sp³-hybridized carbons (Fsp3) is 0.250. The Bertz CT molecular complexity index is 405. The van der Waals surface area contributed by atoms with Gasteiger partial charge in [0.15, 0.2) is 5.01 Å². The molecule has 0 unspecified atom stereocenters. The number of thiophene rings is 1. The number of aromatic nitrogens is 2. The normalized spacial score (nSPS) is 10.3. The zero-order valence-electron chi connectivity index (χ0n) is 7.37. The summed E-state index contributed by atoms with van der Waals surface area (Å²) in [4.78, 5) is 1.29. The number of nitrogens with one attached hydrogen (secondary N) is 1. The molecule has 68 valence electrons. The number of rotatable bonds is 2. The van der Waals surface area contributed by atoms with Gasteiger partial charge in [-0.1, -0.05) is 11.3 Å². The molecule has 2 aromatic heterocycles. The second-order valence-electron chi connectivity index (χ2n) is 2.55. The molecule has 0 fully saturated rings. The standard InChI is InChI=1S/C8H9N3S2/c1-5-6(3-4-12-5)7-10-11-8(9-2)13-7/h3-4H,1-2H3,(H,9,11). The van der Waals surface area contributed by atoms with Crippen LogP contribution in [-0.2, 0) is 0 Å². The second kappa shape index (κ2) is 3.43. The number of hydrogen-bond donors (Lipinski definition) is 1. The highest BCUT2D eigenvalue weighted by Gasteiger charge is 2.08. The molecule has 0 atom stereocenters. The molecular weight excluding hydrogens is 202 g/mol. The average Bonchev–Trinajstić information content (AvgIpc) is 2.71. The molecule has 0 bridgehead atoms. The van der Waals surface area contributed by atoms with Crippen LogP contribution < -0.4 is 5.32 Å². The molecule has 0 aliphatic rings. The molecule has 0 amide bonds. The number of nitrogens with zero attached hydrogens (tertiary/aromatic N) is 2. The van der Waals surface area contributed by atoms with Gasteiger partial charge in [0.05, 0.1) is 0 Å². The highest BCUT2D eigenvalue weighted by molar-refractivity contribution is 7.19. The van der Waals surface area contributed by atoms with Crippen molar-refractivity contribution in [3.05, 3.63) is 16.3 Å². The molecule has 2 aromatic rings. The van der Waals surface area contributed by atoms with Crippen LogP contribution in [0.3, 0.4) is 0 Å². The average molecular weight is 211 g/mol. The molecular formula is C8H9N3S2. The van der Waals surface area contributed by atoms with E-state index in [9.17, 15) is 0 Å². The summed E-state index contributed by atoms with van der Waals surface area (Å²) in [5.41, 5.74) is 1.20. The molecule has 0 spiro atoms. The SMILES string of the molecule is CNc1nnc(-c2ccsc2C)s1. The maximum absolute atomic E-state index is 4.10. The van der Waals surface area contributed by atoms with E-state index in [4.69, 9.17) is 0 Å². The van der Waals surface area contributed by atoms with Crippen molar-refractivity contribution in [3.8, 4) is 10.6 Å². The second-order valence-corrected chi connectivity index (χ2v) is 4.65. The van der Waals surface area contributed by atoms with Gasteiger partial charge in [-0.25, -0.2) is 0 Å². The Hall–Kier alpha value is -0.940. The van der Waals surface area contributed by atoms with Crippen molar-refractivity contribution < 1.29 is 0 Å². The monoisotopic (exact) mass is 211 g/mol. The van der Waals surface area contributed by atoms with E-state index in [1.807, 2.05) is 7.05 Å². The highest BCUT2D eigenvalue weighted by atomic mass is 32.1. The molecule has 0 saturated carbocycles. The molecule has 2 rings (SSSR count). The zero-order chi connectivity index (χ0) is 9.26. The summed E-state index contributed by atoms with van der Waals surface area (Å²) in [6.45, 7) is 2.10. The minimum absolute atomic E-state index is 0.862. The summed E-state index contributed by atoms with van der Waals surface area (Å²) in [5, 5.41) is 15.0. The van der Waals surface area contributed by atoms with Gasteiger partial charge in [0.25, 0.3) is 0 Å². The summed E-state index contributed by atoms with van der Waals surface area (Å²) in [6, 6.07) is 2.08.